The summed E-state index contributed by atoms with van der Waals surface area (Å²) < 4.78 is 35.4. The maximum absolute atomic E-state index is 14.7. The zero-order valence-corrected chi connectivity index (χ0v) is 27.0. The van der Waals surface area contributed by atoms with Gasteiger partial charge in [0.15, 0.2) is 5.76 Å². The number of anilines is 2. The van der Waals surface area contributed by atoms with Crippen LogP contribution in [0.15, 0.2) is 96.0 Å². The van der Waals surface area contributed by atoms with Crippen LogP contribution in [-0.4, -0.2) is 17.7 Å². The van der Waals surface area contributed by atoms with Crippen molar-refractivity contribution in [3.05, 3.63) is 107 Å². The zero-order valence-electron chi connectivity index (χ0n) is 27.0. The van der Waals surface area contributed by atoms with E-state index >= 15 is 0 Å². The number of carbonyl (C=O) groups excluding carboxylic acids is 2. The monoisotopic (exact) mass is 626 g/mol. The van der Waals surface area contributed by atoms with Crippen molar-refractivity contribution in [3.63, 3.8) is 0 Å². The van der Waals surface area contributed by atoms with Gasteiger partial charge in [-0.05, 0) is 97.0 Å². The molecular weight excluding hydrogens is 582 g/mol. The molecule has 2 amide bonds. The molecule has 2 aliphatic rings. The summed E-state index contributed by atoms with van der Waals surface area (Å²) in [5.41, 5.74) is 4.39. The van der Waals surface area contributed by atoms with E-state index in [-0.39, 0.29) is 23.7 Å². The molecule has 1 aliphatic heterocycles. The predicted octanol–water partition coefficient (Wildman–Crippen LogP) is 10.3. The Kier molecular flexibility index (Phi) is 10.7. The average Bonchev–Trinajstić information content (AvgIpc) is 3.28. The lowest BCUT2D eigenvalue weighted by atomic mass is 9.80. The van der Waals surface area contributed by atoms with Crippen molar-refractivity contribution in [1.29, 1.82) is 0 Å². The smallest absolute Gasteiger partial charge is 0.291 e. The lowest BCUT2D eigenvalue weighted by Crippen LogP contribution is -2.24. The molecule has 0 radical (unpaired) electrons. The molecule has 2 atom stereocenters. The molecule has 0 spiro atoms. The molecule has 0 aromatic heterocycles. The van der Waals surface area contributed by atoms with E-state index in [0.29, 0.717) is 41.7 Å². The van der Waals surface area contributed by atoms with Crippen LogP contribution in [0.1, 0.15) is 88.1 Å². The van der Waals surface area contributed by atoms with Crippen LogP contribution in [0.25, 0.3) is 11.1 Å². The maximum atomic E-state index is 14.7. The van der Waals surface area contributed by atoms with E-state index in [2.05, 4.69) is 17.6 Å². The highest BCUT2D eigenvalue weighted by Gasteiger charge is 2.35. The van der Waals surface area contributed by atoms with Crippen LogP contribution in [-0.2, 0) is 16.0 Å². The number of carbonyl (C=O) groups is 2. The number of benzene rings is 3. The van der Waals surface area contributed by atoms with Gasteiger partial charge in [0.05, 0.1) is 0 Å². The quantitative estimate of drug-likeness (QED) is 0.235. The summed E-state index contributed by atoms with van der Waals surface area (Å²) in [5.74, 6) is -2.43. The van der Waals surface area contributed by atoms with Gasteiger partial charge in [-0.3, -0.25) is 9.59 Å². The molecule has 1 fully saturated rings. The second kappa shape index (κ2) is 14.9. The number of hydrogen-bond donors (Lipinski definition) is 2. The third-order valence-corrected chi connectivity index (χ3v) is 9.12. The summed E-state index contributed by atoms with van der Waals surface area (Å²) in [6.45, 7) is 5.15. The van der Waals surface area contributed by atoms with Gasteiger partial charge in [-0.1, -0.05) is 75.6 Å². The van der Waals surface area contributed by atoms with Gasteiger partial charge in [0.2, 0.25) is 0 Å². The minimum absolute atomic E-state index is 0.0638. The van der Waals surface area contributed by atoms with Gasteiger partial charge in [0.25, 0.3) is 17.7 Å². The molecule has 2 N–H and O–H groups in total. The van der Waals surface area contributed by atoms with Crippen molar-refractivity contribution in [2.24, 2.45) is 11.8 Å². The zero-order chi connectivity index (χ0) is 32.7. The Hall–Kier alpha value is -4.26. The second-order valence-corrected chi connectivity index (χ2v) is 12.8. The number of para-hydroxylation sites is 1. The highest BCUT2D eigenvalue weighted by Crippen LogP contribution is 2.37. The molecule has 3 aromatic rings. The third-order valence-electron chi connectivity index (χ3n) is 9.12. The molecule has 5 nitrogen and oxygen atoms in total. The maximum Gasteiger partial charge on any atom is 0.291 e. The molecule has 0 bridgehead atoms. The van der Waals surface area contributed by atoms with E-state index < -0.39 is 11.8 Å². The molecule has 46 heavy (non-hydrogen) atoms. The van der Waals surface area contributed by atoms with Crippen molar-refractivity contribution in [1.82, 2.24) is 0 Å². The van der Waals surface area contributed by atoms with E-state index in [4.69, 9.17) is 4.74 Å². The van der Waals surface area contributed by atoms with E-state index in [0.717, 1.165) is 42.1 Å². The number of rotatable bonds is 10. The van der Waals surface area contributed by atoms with Crippen LogP contribution in [0, 0.1) is 11.8 Å². The lowest BCUT2D eigenvalue weighted by Gasteiger charge is -2.27. The largest absolute Gasteiger partial charge is 0.456 e. The number of aryl methyl sites for hydroxylation is 1. The Labute approximate surface area is 271 Å². The first-order valence-corrected chi connectivity index (χ1v) is 16.5. The van der Waals surface area contributed by atoms with E-state index in [1.165, 1.54) is 25.7 Å². The molecule has 5 rings (SSSR count). The van der Waals surface area contributed by atoms with E-state index in [1.807, 2.05) is 61.5 Å². The number of nitrogens with one attached hydrogen (secondary N) is 2. The Bertz CT molecular complexity index is 1590. The fraction of sp³-hybridized carbons (Fsp3) is 0.385. The Morgan fingerprint density at radius 2 is 1.61 bits per heavy atom. The van der Waals surface area contributed by atoms with Gasteiger partial charge in [-0.2, -0.15) is 0 Å². The first-order chi connectivity index (χ1) is 22.1. The van der Waals surface area contributed by atoms with Crippen LogP contribution in [0.5, 0.6) is 0 Å². The summed E-state index contributed by atoms with van der Waals surface area (Å²) in [4.78, 5) is 26.2. The van der Waals surface area contributed by atoms with Crippen LogP contribution in [0.4, 0.5) is 20.2 Å². The SMILES string of the molecule is CCc1ccccc1NC(=O)c1ccc(-c2ccc(NC(=O)C3=C(C(C)(F)F)CCC=C(CCC4CCCC(C)C4)O3)cc2)cc1. The summed E-state index contributed by atoms with van der Waals surface area (Å²) in [5, 5.41) is 5.76. The van der Waals surface area contributed by atoms with Crippen LogP contribution >= 0.6 is 0 Å². The fourth-order valence-electron chi connectivity index (χ4n) is 6.54. The van der Waals surface area contributed by atoms with Gasteiger partial charge in [0.1, 0.15) is 5.76 Å². The topological polar surface area (TPSA) is 67.4 Å². The van der Waals surface area contributed by atoms with E-state index in [1.54, 1.807) is 24.3 Å². The summed E-state index contributed by atoms with van der Waals surface area (Å²) in [6.07, 6.45) is 9.58. The molecule has 1 heterocycles. The predicted molar refractivity (Wildman–Crippen MR) is 181 cm³/mol. The number of amides is 2. The molecule has 3 aromatic carbocycles. The Morgan fingerprint density at radius 3 is 2.28 bits per heavy atom. The first kappa shape index (κ1) is 33.1. The molecule has 0 saturated heterocycles. The molecule has 242 valence electrons. The van der Waals surface area contributed by atoms with Crippen molar-refractivity contribution in [2.45, 2.75) is 84.5 Å². The van der Waals surface area contributed by atoms with Crippen LogP contribution in [0.2, 0.25) is 0 Å². The highest BCUT2D eigenvalue weighted by atomic mass is 19.3. The summed E-state index contributed by atoms with van der Waals surface area (Å²) >= 11 is 0. The second-order valence-electron chi connectivity index (χ2n) is 12.8. The molecule has 1 aliphatic carbocycles. The highest BCUT2D eigenvalue weighted by molar-refractivity contribution is 6.05. The molecular formula is C39H44F2N2O3. The van der Waals surface area contributed by atoms with Gasteiger partial charge in [-0.15, -0.1) is 0 Å². The van der Waals surface area contributed by atoms with Crippen LogP contribution < -0.4 is 10.6 Å². The Morgan fingerprint density at radius 1 is 0.913 bits per heavy atom. The summed E-state index contributed by atoms with van der Waals surface area (Å²) in [6, 6.07) is 22.2. The van der Waals surface area contributed by atoms with Crippen molar-refractivity contribution < 1.29 is 23.1 Å². The minimum Gasteiger partial charge on any atom is -0.456 e. The van der Waals surface area contributed by atoms with Gasteiger partial charge in [-0.25, -0.2) is 8.78 Å². The number of halogens is 2. The standard InChI is InChI=1S/C39H44F2N2O3/c1-4-28-11-5-6-14-35(28)43-37(44)31-18-16-29(17-19-31)30-20-22-32(23-21-30)42-38(45)36-34(39(3,40)41)13-8-12-33(46-36)24-15-27-10-7-9-26(2)25-27/h5-6,11-12,14,16-23,26-27H,4,7-10,13,15,24-25H2,1-3H3,(H,42,45)(H,43,44). The van der Waals surface area contributed by atoms with Crippen molar-refractivity contribution >= 4 is 23.2 Å². The number of alkyl halides is 2. The fourth-order valence-corrected chi connectivity index (χ4v) is 6.54. The van der Waals surface area contributed by atoms with Gasteiger partial charge >= 0.3 is 0 Å². The number of ether oxygens (including phenoxy) is 1. The first-order valence-electron chi connectivity index (χ1n) is 16.5. The average molecular weight is 627 g/mol. The normalized spacial score (nSPS) is 18.7. The van der Waals surface area contributed by atoms with Gasteiger partial charge < -0.3 is 15.4 Å². The molecule has 1 saturated carbocycles. The van der Waals surface area contributed by atoms with E-state index in [9.17, 15) is 18.4 Å². The molecule has 2 unspecified atom stereocenters. The third kappa shape index (κ3) is 8.51. The van der Waals surface area contributed by atoms with Crippen molar-refractivity contribution in [2.75, 3.05) is 10.6 Å². The van der Waals surface area contributed by atoms with Crippen LogP contribution in [0.3, 0.4) is 0 Å². The minimum atomic E-state index is -3.18. The number of allylic oxidation sites excluding steroid dienone is 3. The summed E-state index contributed by atoms with van der Waals surface area (Å²) in [7, 11) is 0. The lowest BCUT2D eigenvalue weighted by molar-refractivity contribution is -0.116. The Balaban J connectivity index is 1.23. The molecule has 7 heteroatoms. The van der Waals surface area contributed by atoms with Crippen molar-refractivity contribution in [3.8, 4) is 11.1 Å². The number of hydrogen-bond acceptors (Lipinski definition) is 3. The van der Waals surface area contributed by atoms with Gasteiger partial charge in [0, 0.05) is 35.9 Å².